The van der Waals surface area contributed by atoms with E-state index in [0.29, 0.717) is 10.6 Å². The van der Waals surface area contributed by atoms with Crippen molar-refractivity contribution in [3.8, 4) is 0 Å². The van der Waals surface area contributed by atoms with E-state index in [-0.39, 0.29) is 24.0 Å². The normalized spacial score (nSPS) is 10.4. The predicted molar refractivity (Wildman–Crippen MR) is 101 cm³/mol. The van der Waals surface area contributed by atoms with Gasteiger partial charge in [-0.15, -0.1) is 0 Å². The Kier molecular flexibility index (Phi) is 5.49. The molecule has 4 nitrogen and oxygen atoms in total. The molecule has 0 spiro atoms. The number of anilines is 2. The van der Waals surface area contributed by atoms with E-state index in [1.807, 2.05) is 25.1 Å². The van der Waals surface area contributed by atoms with Crippen LogP contribution < -0.4 is 10.6 Å². The van der Waals surface area contributed by atoms with E-state index in [9.17, 15) is 9.18 Å². The van der Waals surface area contributed by atoms with Crippen molar-refractivity contribution in [3.63, 3.8) is 0 Å². The first-order chi connectivity index (χ1) is 12.5. The molecule has 3 rings (SSSR count). The molecule has 0 fully saturated rings. The number of nitrogens with one attached hydrogen (secondary N) is 2. The van der Waals surface area contributed by atoms with Gasteiger partial charge in [0.1, 0.15) is 11.5 Å². The molecule has 0 saturated heterocycles. The van der Waals surface area contributed by atoms with Crippen LogP contribution in [0.15, 0.2) is 60.8 Å². The van der Waals surface area contributed by atoms with E-state index in [0.717, 1.165) is 16.9 Å². The zero-order valence-corrected chi connectivity index (χ0v) is 14.8. The Bertz CT molecular complexity index is 929. The highest BCUT2D eigenvalue weighted by molar-refractivity contribution is 6.30. The van der Waals surface area contributed by atoms with Crippen molar-refractivity contribution in [1.82, 2.24) is 10.3 Å². The minimum Gasteiger partial charge on any atom is -0.354 e. The summed E-state index contributed by atoms with van der Waals surface area (Å²) >= 11 is 6.01. The van der Waals surface area contributed by atoms with Crippen LogP contribution in [0.25, 0.3) is 0 Å². The number of hydrogen-bond donors (Lipinski definition) is 2. The molecule has 3 aromatic rings. The summed E-state index contributed by atoms with van der Waals surface area (Å²) in [5, 5.41) is 6.51. The van der Waals surface area contributed by atoms with Gasteiger partial charge < -0.3 is 10.6 Å². The first-order valence-electron chi connectivity index (χ1n) is 8.04. The molecule has 0 aliphatic heterocycles. The minimum atomic E-state index is -0.362. The Morgan fingerprint density at radius 3 is 2.69 bits per heavy atom. The quantitative estimate of drug-likeness (QED) is 0.675. The monoisotopic (exact) mass is 369 g/mol. The number of carbonyl (C=O) groups is 1. The number of amides is 1. The minimum absolute atomic E-state index is 0.106. The van der Waals surface area contributed by atoms with Gasteiger partial charge >= 0.3 is 0 Å². The number of pyridine rings is 1. The largest absolute Gasteiger partial charge is 0.354 e. The maximum Gasteiger partial charge on any atom is 0.270 e. The molecule has 0 aliphatic rings. The average Bonchev–Trinajstić information content (AvgIpc) is 2.64. The highest BCUT2D eigenvalue weighted by Crippen LogP contribution is 2.23. The van der Waals surface area contributed by atoms with Crippen LogP contribution in [0.4, 0.5) is 15.8 Å². The van der Waals surface area contributed by atoms with E-state index >= 15 is 0 Å². The molecule has 1 amide bonds. The van der Waals surface area contributed by atoms with Crippen molar-refractivity contribution in [3.05, 3.63) is 88.5 Å². The predicted octanol–water partition coefficient (Wildman–Crippen LogP) is 4.86. The number of carbonyl (C=O) groups excluding carboxylic acids is 1. The maximum atomic E-state index is 13.6. The third kappa shape index (κ3) is 4.37. The van der Waals surface area contributed by atoms with Gasteiger partial charge in [0.2, 0.25) is 0 Å². The Labute approximate surface area is 156 Å². The standard InChI is InChI=1S/C20H17ClFN3O/c1-13-6-7-15(21)10-19(13)25-16-8-9-18(23-12-16)20(26)24-11-14-4-2-3-5-17(14)22/h2-10,12,25H,11H2,1H3,(H,24,26). The van der Waals surface area contributed by atoms with E-state index in [4.69, 9.17) is 11.6 Å². The molecule has 1 aromatic heterocycles. The number of halogens is 2. The molecule has 132 valence electrons. The summed E-state index contributed by atoms with van der Waals surface area (Å²) in [6, 6.07) is 15.3. The fourth-order valence-corrected chi connectivity index (χ4v) is 2.57. The lowest BCUT2D eigenvalue weighted by Crippen LogP contribution is -2.24. The summed E-state index contributed by atoms with van der Waals surface area (Å²) in [4.78, 5) is 16.3. The first kappa shape index (κ1) is 17.9. The lowest BCUT2D eigenvalue weighted by molar-refractivity contribution is 0.0945. The zero-order chi connectivity index (χ0) is 18.5. The van der Waals surface area contributed by atoms with Crippen molar-refractivity contribution in [2.75, 3.05) is 5.32 Å². The lowest BCUT2D eigenvalue weighted by atomic mass is 10.2. The number of aromatic nitrogens is 1. The molecule has 1 heterocycles. The molecular formula is C20H17ClFN3O. The highest BCUT2D eigenvalue weighted by Gasteiger charge is 2.09. The summed E-state index contributed by atoms with van der Waals surface area (Å²) in [7, 11) is 0. The van der Waals surface area contributed by atoms with E-state index in [1.54, 1.807) is 36.5 Å². The molecular weight excluding hydrogens is 353 g/mol. The summed E-state index contributed by atoms with van der Waals surface area (Å²) in [5.41, 5.74) is 3.34. The summed E-state index contributed by atoms with van der Waals surface area (Å²) in [6.07, 6.45) is 1.57. The average molecular weight is 370 g/mol. The van der Waals surface area contributed by atoms with Gasteiger partial charge in [0.25, 0.3) is 5.91 Å². The zero-order valence-electron chi connectivity index (χ0n) is 14.1. The molecule has 6 heteroatoms. The summed E-state index contributed by atoms with van der Waals surface area (Å²) in [6.45, 7) is 2.07. The third-order valence-electron chi connectivity index (χ3n) is 3.87. The Balaban J connectivity index is 1.64. The fraction of sp³-hybridized carbons (Fsp3) is 0.100. The van der Waals surface area contributed by atoms with E-state index < -0.39 is 0 Å². The lowest BCUT2D eigenvalue weighted by Gasteiger charge is -2.10. The maximum absolute atomic E-state index is 13.6. The second kappa shape index (κ2) is 7.97. The molecule has 0 bridgehead atoms. The van der Waals surface area contributed by atoms with Crippen molar-refractivity contribution >= 4 is 28.9 Å². The highest BCUT2D eigenvalue weighted by atomic mass is 35.5. The molecule has 0 saturated carbocycles. The number of nitrogens with zero attached hydrogens (tertiary/aromatic N) is 1. The van der Waals surface area contributed by atoms with E-state index in [2.05, 4.69) is 15.6 Å². The van der Waals surface area contributed by atoms with Gasteiger partial charge in [-0.25, -0.2) is 9.37 Å². The number of aryl methyl sites for hydroxylation is 1. The SMILES string of the molecule is Cc1ccc(Cl)cc1Nc1ccc(C(=O)NCc2ccccc2F)nc1. The van der Waals surface area contributed by atoms with Crippen LogP contribution in [0, 0.1) is 12.7 Å². The van der Waals surface area contributed by atoms with Crippen LogP contribution in [0.5, 0.6) is 0 Å². The molecule has 0 radical (unpaired) electrons. The van der Waals surface area contributed by atoms with Crippen LogP contribution in [-0.4, -0.2) is 10.9 Å². The molecule has 0 unspecified atom stereocenters. The number of rotatable bonds is 5. The smallest absolute Gasteiger partial charge is 0.270 e. The molecule has 26 heavy (non-hydrogen) atoms. The molecule has 0 atom stereocenters. The number of hydrogen-bond acceptors (Lipinski definition) is 3. The van der Waals surface area contributed by atoms with Crippen LogP contribution in [0.3, 0.4) is 0 Å². The van der Waals surface area contributed by atoms with Crippen molar-refractivity contribution in [2.45, 2.75) is 13.5 Å². The van der Waals surface area contributed by atoms with Gasteiger partial charge in [0.15, 0.2) is 0 Å². The summed E-state index contributed by atoms with van der Waals surface area (Å²) < 4.78 is 13.6. The van der Waals surface area contributed by atoms with Gasteiger partial charge in [-0.1, -0.05) is 35.9 Å². The topological polar surface area (TPSA) is 54.0 Å². The van der Waals surface area contributed by atoms with Crippen LogP contribution in [-0.2, 0) is 6.54 Å². The van der Waals surface area contributed by atoms with Crippen LogP contribution in [0.2, 0.25) is 5.02 Å². The Hall–Kier alpha value is -2.92. The van der Waals surface area contributed by atoms with Crippen molar-refractivity contribution in [2.24, 2.45) is 0 Å². The first-order valence-corrected chi connectivity index (χ1v) is 8.41. The van der Waals surface area contributed by atoms with E-state index in [1.165, 1.54) is 6.07 Å². The molecule has 0 aliphatic carbocycles. The number of benzene rings is 2. The second-order valence-electron chi connectivity index (χ2n) is 5.79. The van der Waals surface area contributed by atoms with Gasteiger partial charge in [-0.2, -0.15) is 0 Å². The Morgan fingerprint density at radius 1 is 1.15 bits per heavy atom. The van der Waals surface area contributed by atoms with Gasteiger partial charge in [0.05, 0.1) is 11.9 Å². The fourth-order valence-electron chi connectivity index (χ4n) is 2.39. The van der Waals surface area contributed by atoms with Crippen LogP contribution >= 0.6 is 11.6 Å². The van der Waals surface area contributed by atoms with Crippen molar-refractivity contribution < 1.29 is 9.18 Å². The third-order valence-corrected chi connectivity index (χ3v) is 4.11. The second-order valence-corrected chi connectivity index (χ2v) is 6.23. The molecule has 2 aromatic carbocycles. The summed E-state index contributed by atoms with van der Waals surface area (Å²) in [5.74, 6) is -0.712. The van der Waals surface area contributed by atoms with Crippen molar-refractivity contribution in [1.29, 1.82) is 0 Å². The van der Waals surface area contributed by atoms with Gasteiger partial charge in [-0.05, 0) is 42.8 Å². The van der Waals surface area contributed by atoms with Crippen LogP contribution in [0.1, 0.15) is 21.6 Å². The van der Waals surface area contributed by atoms with Gasteiger partial charge in [-0.3, -0.25) is 4.79 Å². The Morgan fingerprint density at radius 2 is 1.96 bits per heavy atom. The van der Waals surface area contributed by atoms with Gasteiger partial charge in [0, 0.05) is 22.8 Å². The molecule has 2 N–H and O–H groups in total.